The molecule has 2 aromatic rings. The van der Waals surface area contributed by atoms with Gasteiger partial charge >= 0.3 is 0 Å². The molecule has 0 unspecified atom stereocenters. The Morgan fingerprint density at radius 1 is 1.06 bits per heavy atom. The summed E-state index contributed by atoms with van der Waals surface area (Å²) in [7, 11) is 0. The van der Waals surface area contributed by atoms with E-state index in [1.54, 1.807) is 18.2 Å². The molecule has 0 bridgehead atoms. The third-order valence-electron chi connectivity index (χ3n) is 2.79. The Labute approximate surface area is 120 Å². The molecule has 0 heterocycles. The molecule has 2 nitrogen and oxygen atoms in total. The Hall–Kier alpha value is -0.870. The topological polar surface area (TPSA) is 46.2 Å². The van der Waals surface area contributed by atoms with Crippen molar-refractivity contribution in [2.45, 2.75) is 12.1 Å². The molecule has 94 valence electrons. The van der Waals surface area contributed by atoms with Gasteiger partial charge in [0.1, 0.15) is 0 Å². The minimum absolute atomic E-state index is 0.475. The van der Waals surface area contributed by atoms with Crippen LogP contribution in [0.25, 0.3) is 0 Å². The highest BCUT2D eigenvalue weighted by Gasteiger charge is 2.18. The average molecular weight is 327 g/mol. The quantitative estimate of drug-likeness (QED) is 0.900. The summed E-state index contributed by atoms with van der Waals surface area (Å²) >= 11 is 9.27. The van der Waals surface area contributed by atoms with Gasteiger partial charge in [0.05, 0.1) is 12.1 Å². The minimum Gasteiger partial charge on any atom is -0.386 e. The Kier molecular flexibility index (Phi) is 4.40. The third-order valence-corrected chi connectivity index (χ3v) is 3.55. The van der Waals surface area contributed by atoms with Crippen molar-refractivity contribution in [1.29, 1.82) is 0 Å². The molecular formula is C14H13BrClNO. The monoisotopic (exact) mass is 325 g/mol. The number of aliphatic hydroxyl groups excluding tert-OH is 1. The van der Waals surface area contributed by atoms with Crippen molar-refractivity contribution in [3.05, 3.63) is 69.2 Å². The number of benzene rings is 2. The van der Waals surface area contributed by atoms with E-state index in [0.717, 1.165) is 15.6 Å². The second-order valence-electron chi connectivity index (χ2n) is 4.08. The van der Waals surface area contributed by atoms with Gasteiger partial charge in [0.25, 0.3) is 0 Å². The SMILES string of the molecule is N[C@H](c1ccc(Br)cc1)[C@H](O)c1cccc(Cl)c1. The van der Waals surface area contributed by atoms with E-state index in [2.05, 4.69) is 15.9 Å². The van der Waals surface area contributed by atoms with Gasteiger partial charge in [-0.15, -0.1) is 0 Å². The third kappa shape index (κ3) is 3.12. The van der Waals surface area contributed by atoms with E-state index in [0.29, 0.717) is 5.02 Å². The summed E-state index contributed by atoms with van der Waals surface area (Å²) in [5, 5.41) is 10.8. The van der Waals surface area contributed by atoms with Crippen LogP contribution >= 0.6 is 27.5 Å². The molecule has 2 aromatic carbocycles. The molecule has 2 rings (SSSR count). The second-order valence-corrected chi connectivity index (χ2v) is 5.43. The van der Waals surface area contributed by atoms with Gasteiger partial charge in [0.15, 0.2) is 0 Å². The van der Waals surface area contributed by atoms with E-state index in [4.69, 9.17) is 17.3 Å². The number of hydrogen-bond donors (Lipinski definition) is 2. The molecule has 0 aliphatic heterocycles. The number of nitrogens with two attached hydrogens (primary N) is 1. The molecule has 4 heteroatoms. The zero-order chi connectivity index (χ0) is 13.1. The summed E-state index contributed by atoms with van der Waals surface area (Å²) in [6.45, 7) is 0. The molecular weight excluding hydrogens is 314 g/mol. The van der Waals surface area contributed by atoms with Crippen molar-refractivity contribution in [2.24, 2.45) is 5.73 Å². The highest BCUT2D eigenvalue weighted by atomic mass is 79.9. The number of halogens is 2. The number of rotatable bonds is 3. The van der Waals surface area contributed by atoms with Gasteiger partial charge in [-0.25, -0.2) is 0 Å². The van der Waals surface area contributed by atoms with E-state index < -0.39 is 12.1 Å². The predicted octanol–water partition coefficient (Wildman–Crippen LogP) is 3.84. The Bertz CT molecular complexity index is 530. The first kappa shape index (κ1) is 13.6. The molecule has 3 N–H and O–H groups in total. The van der Waals surface area contributed by atoms with Crippen LogP contribution in [-0.2, 0) is 0 Å². The summed E-state index contributed by atoms with van der Waals surface area (Å²) in [4.78, 5) is 0. The van der Waals surface area contributed by atoms with E-state index in [1.165, 1.54) is 0 Å². The number of aliphatic hydroxyl groups is 1. The molecule has 0 spiro atoms. The molecule has 0 saturated carbocycles. The lowest BCUT2D eigenvalue weighted by Gasteiger charge is -2.19. The molecule has 0 radical (unpaired) electrons. The smallest absolute Gasteiger partial charge is 0.0983 e. The summed E-state index contributed by atoms with van der Waals surface area (Å²) in [6, 6.07) is 14.2. The lowest BCUT2D eigenvalue weighted by atomic mass is 9.97. The zero-order valence-electron chi connectivity index (χ0n) is 9.55. The molecule has 0 fully saturated rings. The highest BCUT2D eigenvalue weighted by Crippen LogP contribution is 2.28. The zero-order valence-corrected chi connectivity index (χ0v) is 11.9. The van der Waals surface area contributed by atoms with Gasteiger partial charge in [0, 0.05) is 9.50 Å². The lowest BCUT2D eigenvalue weighted by Crippen LogP contribution is -2.19. The average Bonchev–Trinajstić information content (AvgIpc) is 2.38. The van der Waals surface area contributed by atoms with Gasteiger partial charge in [-0.1, -0.05) is 51.8 Å². The van der Waals surface area contributed by atoms with E-state index in [9.17, 15) is 5.11 Å². The summed E-state index contributed by atoms with van der Waals surface area (Å²) in [6.07, 6.45) is -0.773. The van der Waals surface area contributed by atoms with Crippen molar-refractivity contribution in [3.63, 3.8) is 0 Å². The Morgan fingerprint density at radius 3 is 2.33 bits per heavy atom. The number of hydrogen-bond acceptors (Lipinski definition) is 2. The second kappa shape index (κ2) is 5.85. The largest absolute Gasteiger partial charge is 0.386 e. The molecule has 0 saturated heterocycles. The van der Waals surface area contributed by atoms with Gasteiger partial charge in [-0.2, -0.15) is 0 Å². The van der Waals surface area contributed by atoms with E-state index in [-0.39, 0.29) is 0 Å². The normalized spacial score (nSPS) is 14.2. The Morgan fingerprint density at radius 2 is 1.72 bits per heavy atom. The fourth-order valence-electron chi connectivity index (χ4n) is 1.77. The van der Waals surface area contributed by atoms with Crippen LogP contribution in [0.2, 0.25) is 5.02 Å². The van der Waals surface area contributed by atoms with E-state index >= 15 is 0 Å². The van der Waals surface area contributed by atoms with Crippen LogP contribution in [0.1, 0.15) is 23.3 Å². The summed E-state index contributed by atoms with van der Waals surface area (Å²) in [5.41, 5.74) is 7.66. The minimum atomic E-state index is -0.773. The van der Waals surface area contributed by atoms with Crippen LogP contribution in [0.3, 0.4) is 0 Å². The summed E-state index contributed by atoms with van der Waals surface area (Å²) in [5.74, 6) is 0. The van der Waals surface area contributed by atoms with Crippen molar-refractivity contribution in [3.8, 4) is 0 Å². The van der Waals surface area contributed by atoms with Crippen molar-refractivity contribution in [1.82, 2.24) is 0 Å². The first-order chi connectivity index (χ1) is 8.58. The van der Waals surface area contributed by atoms with Crippen molar-refractivity contribution < 1.29 is 5.11 Å². The predicted molar refractivity (Wildman–Crippen MR) is 77.5 cm³/mol. The van der Waals surface area contributed by atoms with Gasteiger partial charge in [-0.3, -0.25) is 0 Å². The van der Waals surface area contributed by atoms with Gasteiger partial charge in [0.2, 0.25) is 0 Å². The molecule has 18 heavy (non-hydrogen) atoms. The lowest BCUT2D eigenvalue weighted by molar-refractivity contribution is 0.147. The van der Waals surface area contributed by atoms with Gasteiger partial charge in [-0.05, 0) is 35.4 Å². The molecule has 0 aliphatic carbocycles. The maximum absolute atomic E-state index is 10.2. The van der Waals surface area contributed by atoms with Crippen molar-refractivity contribution >= 4 is 27.5 Å². The van der Waals surface area contributed by atoms with Crippen molar-refractivity contribution in [2.75, 3.05) is 0 Å². The standard InChI is InChI=1S/C14H13BrClNO/c15-11-6-4-9(5-7-11)13(17)14(18)10-2-1-3-12(16)8-10/h1-8,13-14,18H,17H2/t13-,14-/m1/s1. The fraction of sp³-hybridized carbons (Fsp3) is 0.143. The van der Waals surface area contributed by atoms with Crippen LogP contribution in [0.4, 0.5) is 0 Å². The van der Waals surface area contributed by atoms with Crippen LogP contribution in [-0.4, -0.2) is 5.11 Å². The van der Waals surface area contributed by atoms with E-state index in [1.807, 2.05) is 30.3 Å². The summed E-state index contributed by atoms with van der Waals surface area (Å²) < 4.78 is 0.982. The molecule has 2 atom stereocenters. The fourth-order valence-corrected chi connectivity index (χ4v) is 2.23. The van der Waals surface area contributed by atoms with Crippen LogP contribution in [0.5, 0.6) is 0 Å². The molecule has 0 aliphatic rings. The maximum Gasteiger partial charge on any atom is 0.0983 e. The first-order valence-electron chi connectivity index (χ1n) is 5.52. The highest BCUT2D eigenvalue weighted by molar-refractivity contribution is 9.10. The maximum atomic E-state index is 10.2. The van der Waals surface area contributed by atoms with Crippen LogP contribution in [0.15, 0.2) is 53.0 Å². The van der Waals surface area contributed by atoms with Gasteiger partial charge < -0.3 is 10.8 Å². The molecule has 0 aromatic heterocycles. The first-order valence-corrected chi connectivity index (χ1v) is 6.69. The molecule has 0 amide bonds. The van der Waals surface area contributed by atoms with Crippen LogP contribution < -0.4 is 5.73 Å². The Balaban J connectivity index is 2.23. The van der Waals surface area contributed by atoms with Crippen LogP contribution in [0, 0.1) is 0 Å².